The number of hydrogen-bond acceptors (Lipinski definition) is 5. The molecule has 0 amide bonds. The second kappa shape index (κ2) is 7.08. The lowest BCUT2D eigenvalue weighted by Gasteiger charge is -2.29. The zero-order chi connectivity index (χ0) is 19.0. The number of aromatic nitrogens is 3. The third-order valence-corrected chi connectivity index (χ3v) is 5.35. The van der Waals surface area contributed by atoms with Crippen molar-refractivity contribution in [1.29, 1.82) is 0 Å². The second-order valence-electron chi connectivity index (χ2n) is 7.23. The Balaban J connectivity index is 1.67. The lowest BCUT2D eigenvalue weighted by atomic mass is 10.1. The molecule has 1 saturated heterocycles. The summed E-state index contributed by atoms with van der Waals surface area (Å²) in [5.74, 6) is 1.54. The molecule has 1 aliphatic heterocycles. The van der Waals surface area contributed by atoms with Crippen molar-refractivity contribution in [2.24, 2.45) is 0 Å². The lowest BCUT2D eigenvalue weighted by molar-refractivity contribution is 0.221. The molecule has 3 heterocycles. The molecule has 0 aliphatic carbocycles. The Labute approximate surface area is 158 Å². The van der Waals surface area contributed by atoms with E-state index in [4.69, 9.17) is 4.74 Å². The minimum absolute atomic E-state index is 0.0564. The number of nitrogens with zero attached hydrogens (tertiary/aromatic N) is 3. The van der Waals surface area contributed by atoms with Gasteiger partial charge in [0.15, 0.2) is 0 Å². The lowest BCUT2D eigenvalue weighted by Crippen LogP contribution is -2.34. The van der Waals surface area contributed by atoms with E-state index >= 15 is 0 Å². The Morgan fingerprint density at radius 1 is 1.26 bits per heavy atom. The fourth-order valence-electron chi connectivity index (χ4n) is 3.75. The number of benzene rings is 1. The van der Waals surface area contributed by atoms with E-state index < -0.39 is 0 Å². The summed E-state index contributed by atoms with van der Waals surface area (Å²) < 4.78 is 7.16. The Bertz CT molecular complexity index is 1010. The quantitative estimate of drug-likeness (QED) is 0.741. The number of fused-ring (bicyclic) bond motifs is 1. The topological polar surface area (TPSA) is 75.2 Å². The third kappa shape index (κ3) is 3.42. The van der Waals surface area contributed by atoms with Crippen LogP contribution < -0.4 is 15.7 Å². The van der Waals surface area contributed by atoms with Crippen molar-refractivity contribution in [2.45, 2.75) is 25.8 Å². The predicted octanol–water partition coefficient (Wildman–Crippen LogP) is 3.05. The molecule has 7 heteroatoms. The third-order valence-electron chi connectivity index (χ3n) is 5.35. The maximum atomic E-state index is 12.5. The first-order valence-corrected chi connectivity index (χ1v) is 9.25. The number of methoxy groups -OCH3 is 1. The average molecular weight is 367 g/mol. The number of nitrogens with one attached hydrogen (secondary N) is 2. The number of imidazole rings is 1. The van der Waals surface area contributed by atoms with Gasteiger partial charge in [0.2, 0.25) is 0 Å². The number of pyridine rings is 1. The van der Waals surface area contributed by atoms with Gasteiger partial charge in [-0.2, -0.15) is 0 Å². The van der Waals surface area contributed by atoms with Crippen LogP contribution in [0.25, 0.3) is 11.0 Å². The molecule has 1 aliphatic rings. The van der Waals surface area contributed by atoms with Gasteiger partial charge in [0.05, 0.1) is 24.3 Å². The largest absolute Gasteiger partial charge is 0.497 e. The normalized spacial score (nSPS) is 16.0. The second-order valence-corrected chi connectivity index (χ2v) is 7.23. The Morgan fingerprint density at radius 2 is 2.04 bits per heavy atom. The van der Waals surface area contributed by atoms with Crippen LogP contribution in [-0.4, -0.2) is 46.7 Å². The summed E-state index contributed by atoms with van der Waals surface area (Å²) in [5.41, 5.74) is 3.65. The van der Waals surface area contributed by atoms with Crippen molar-refractivity contribution >= 4 is 22.5 Å². The van der Waals surface area contributed by atoms with Crippen molar-refractivity contribution in [3.05, 3.63) is 46.5 Å². The summed E-state index contributed by atoms with van der Waals surface area (Å²) in [4.78, 5) is 22.3. The van der Waals surface area contributed by atoms with Crippen molar-refractivity contribution in [3.63, 3.8) is 0 Å². The molecule has 0 bridgehead atoms. The van der Waals surface area contributed by atoms with Crippen LogP contribution in [0, 0.1) is 6.92 Å². The van der Waals surface area contributed by atoms with Crippen LogP contribution in [0.5, 0.6) is 5.75 Å². The molecule has 0 saturated carbocycles. The molecule has 142 valence electrons. The summed E-state index contributed by atoms with van der Waals surface area (Å²) in [6, 6.07) is 8.04. The average Bonchev–Trinajstić information content (AvgIpc) is 2.99. The minimum Gasteiger partial charge on any atom is -0.497 e. The van der Waals surface area contributed by atoms with E-state index in [1.165, 1.54) is 0 Å². The Kier molecular flexibility index (Phi) is 4.61. The fourth-order valence-corrected chi connectivity index (χ4v) is 3.75. The van der Waals surface area contributed by atoms with Crippen molar-refractivity contribution < 1.29 is 4.74 Å². The summed E-state index contributed by atoms with van der Waals surface area (Å²) in [6.45, 7) is 4.03. The zero-order valence-corrected chi connectivity index (χ0v) is 16.0. The van der Waals surface area contributed by atoms with Gasteiger partial charge in [-0.3, -0.25) is 4.57 Å². The monoisotopic (exact) mass is 367 g/mol. The van der Waals surface area contributed by atoms with Crippen molar-refractivity contribution in [2.75, 3.05) is 32.6 Å². The van der Waals surface area contributed by atoms with Crippen LogP contribution in [0.2, 0.25) is 0 Å². The van der Waals surface area contributed by atoms with Gasteiger partial charge in [0, 0.05) is 17.8 Å². The standard InChI is InChI=1S/C20H25N5O2/c1-13-10-15(27-3)4-5-16(13)22-19-11-18-17(12-21-19)23-20(26)25(18)14-6-8-24(2)9-7-14/h4-5,10-12,14H,6-9H2,1-3H3,(H,21,22)(H,23,26). The number of piperidine rings is 1. The molecule has 2 N–H and O–H groups in total. The summed E-state index contributed by atoms with van der Waals surface area (Å²) in [6.07, 6.45) is 3.68. The SMILES string of the molecule is COc1ccc(Nc2cc3c(cn2)[nH]c(=O)n3C2CCN(C)CC2)c(C)c1. The van der Waals surface area contributed by atoms with E-state index in [0.717, 1.165) is 59.8 Å². The van der Waals surface area contributed by atoms with E-state index in [0.29, 0.717) is 0 Å². The van der Waals surface area contributed by atoms with Gasteiger partial charge < -0.3 is 19.9 Å². The van der Waals surface area contributed by atoms with E-state index in [2.05, 4.69) is 27.2 Å². The van der Waals surface area contributed by atoms with Gasteiger partial charge in [-0.05, 0) is 63.7 Å². The highest BCUT2D eigenvalue weighted by Gasteiger charge is 2.22. The van der Waals surface area contributed by atoms with Crippen molar-refractivity contribution in [3.8, 4) is 5.75 Å². The van der Waals surface area contributed by atoms with E-state index in [1.807, 2.05) is 35.8 Å². The molecule has 27 heavy (non-hydrogen) atoms. The number of anilines is 2. The van der Waals surface area contributed by atoms with Gasteiger partial charge in [-0.1, -0.05) is 0 Å². The Hall–Kier alpha value is -2.80. The molecule has 4 rings (SSSR count). The number of likely N-dealkylation sites (tertiary alicyclic amines) is 1. The van der Waals surface area contributed by atoms with Gasteiger partial charge >= 0.3 is 5.69 Å². The maximum absolute atomic E-state index is 12.5. The first-order chi connectivity index (χ1) is 13.0. The number of hydrogen-bond donors (Lipinski definition) is 2. The number of H-pyrrole nitrogens is 1. The maximum Gasteiger partial charge on any atom is 0.326 e. The molecule has 0 unspecified atom stereocenters. The smallest absolute Gasteiger partial charge is 0.326 e. The molecular formula is C20H25N5O2. The Morgan fingerprint density at radius 3 is 2.74 bits per heavy atom. The molecule has 1 aromatic carbocycles. The first-order valence-electron chi connectivity index (χ1n) is 9.25. The van der Waals surface area contributed by atoms with Crippen LogP contribution in [-0.2, 0) is 0 Å². The van der Waals surface area contributed by atoms with E-state index in [-0.39, 0.29) is 11.7 Å². The van der Waals surface area contributed by atoms with E-state index in [9.17, 15) is 4.79 Å². The van der Waals surface area contributed by atoms with Gasteiger partial charge in [-0.15, -0.1) is 0 Å². The van der Waals surface area contributed by atoms with Crippen LogP contribution >= 0.6 is 0 Å². The van der Waals surface area contributed by atoms with Gasteiger partial charge in [0.25, 0.3) is 0 Å². The van der Waals surface area contributed by atoms with Crippen LogP contribution in [0.15, 0.2) is 35.3 Å². The molecule has 7 nitrogen and oxygen atoms in total. The predicted molar refractivity (Wildman–Crippen MR) is 107 cm³/mol. The highest BCUT2D eigenvalue weighted by atomic mass is 16.5. The number of ether oxygens (including phenoxy) is 1. The summed E-state index contributed by atoms with van der Waals surface area (Å²) in [7, 11) is 3.78. The molecule has 0 radical (unpaired) electrons. The zero-order valence-electron chi connectivity index (χ0n) is 16.0. The van der Waals surface area contributed by atoms with Crippen molar-refractivity contribution in [1.82, 2.24) is 19.4 Å². The molecule has 3 aromatic rings. The van der Waals surface area contributed by atoms with Crippen LogP contribution in [0.3, 0.4) is 0 Å². The van der Waals surface area contributed by atoms with Crippen LogP contribution in [0.4, 0.5) is 11.5 Å². The molecule has 1 fully saturated rings. The van der Waals surface area contributed by atoms with E-state index in [1.54, 1.807) is 13.3 Å². The minimum atomic E-state index is -0.0564. The highest BCUT2D eigenvalue weighted by molar-refractivity contribution is 5.78. The molecule has 0 spiro atoms. The summed E-state index contributed by atoms with van der Waals surface area (Å²) in [5, 5.41) is 3.36. The molecule has 2 aromatic heterocycles. The molecular weight excluding hydrogens is 342 g/mol. The molecule has 0 atom stereocenters. The first kappa shape index (κ1) is 17.6. The number of aryl methyl sites for hydroxylation is 1. The number of aromatic amines is 1. The van der Waals surface area contributed by atoms with Gasteiger partial charge in [-0.25, -0.2) is 9.78 Å². The van der Waals surface area contributed by atoms with Gasteiger partial charge in [0.1, 0.15) is 11.6 Å². The fraction of sp³-hybridized carbons (Fsp3) is 0.400. The number of rotatable bonds is 4. The highest BCUT2D eigenvalue weighted by Crippen LogP contribution is 2.27. The summed E-state index contributed by atoms with van der Waals surface area (Å²) >= 11 is 0. The van der Waals surface area contributed by atoms with Crippen LogP contribution in [0.1, 0.15) is 24.4 Å².